The van der Waals surface area contributed by atoms with Crippen molar-refractivity contribution in [3.8, 4) is 0 Å². The van der Waals surface area contributed by atoms with Crippen LogP contribution in [0.4, 0.5) is 5.69 Å². The number of anilines is 1. The van der Waals surface area contributed by atoms with Gasteiger partial charge in [-0.05, 0) is 55.8 Å². The van der Waals surface area contributed by atoms with Crippen LogP contribution in [0.5, 0.6) is 0 Å². The molecule has 30 heavy (non-hydrogen) atoms. The number of H-pyrrole nitrogens is 1. The zero-order chi connectivity index (χ0) is 22.0. The van der Waals surface area contributed by atoms with Crippen LogP contribution >= 0.6 is 15.9 Å². The summed E-state index contributed by atoms with van der Waals surface area (Å²) in [5, 5.41) is 2.79. The molecule has 0 aliphatic rings. The molecular weight excluding hydrogens is 452 g/mol. The summed E-state index contributed by atoms with van der Waals surface area (Å²) in [7, 11) is 1.52. The number of likely N-dealkylation sites (N-methyl/N-ethyl adjacent to an activating group) is 1. The molecule has 0 fully saturated rings. The van der Waals surface area contributed by atoms with Crippen molar-refractivity contribution in [2.75, 3.05) is 18.9 Å². The molecule has 1 heterocycles. The Hall–Kier alpha value is -3.20. The number of nitrogens with zero attached hydrogens (tertiary/aromatic N) is 2. The van der Waals surface area contributed by atoms with Crippen molar-refractivity contribution in [2.24, 2.45) is 0 Å². The van der Waals surface area contributed by atoms with Gasteiger partial charge in [-0.2, -0.15) is 0 Å². The molecule has 2 N–H and O–H groups in total. The summed E-state index contributed by atoms with van der Waals surface area (Å²) in [5.41, 5.74) is 1.40. The average molecular weight is 473 g/mol. The number of benzene rings is 2. The third kappa shape index (κ3) is 4.35. The molecular formula is C21H21BrN4O4. The second kappa shape index (κ2) is 8.66. The Morgan fingerprint density at radius 2 is 1.90 bits per heavy atom. The Bertz CT molecular complexity index is 1260. The summed E-state index contributed by atoms with van der Waals surface area (Å²) in [6, 6.07) is 10.2. The fourth-order valence-electron chi connectivity index (χ4n) is 3.19. The molecule has 9 heteroatoms. The van der Waals surface area contributed by atoms with E-state index >= 15 is 0 Å². The number of hydrogen-bond acceptors (Lipinski definition) is 4. The first-order chi connectivity index (χ1) is 14.2. The Labute approximate surface area is 180 Å². The molecule has 0 unspecified atom stereocenters. The second-order valence-corrected chi connectivity index (χ2v) is 7.82. The summed E-state index contributed by atoms with van der Waals surface area (Å²) in [6.07, 6.45) is 0. The molecule has 0 aliphatic carbocycles. The zero-order valence-corrected chi connectivity index (χ0v) is 18.4. The topological polar surface area (TPSA) is 104 Å². The Morgan fingerprint density at radius 1 is 1.17 bits per heavy atom. The summed E-state index contributed by atoms with van der Waals surface area (Å²) >= 11 is 3.38. The van der Waals surface area contributed by atoms with E-state index in [0.29, 0.717) is 28.8 Å². The van der Waals surface area contributed by atoms with Gasteiger partial charge >= 0.3 is 11.1 Å². The van der Waals surface area contributed by atoms with Crippen LogP contribution in [0.1, 0.15) is 22.8 Å². The van der Waals surface area contributed by atoms with Gasteiger partial charge < -0.3 is 19.8 Å². The molecule has 0 atom stereocenters. The van der Waals surface area contributed by atoms with Crippen LogP contribution in [-0.2, 0) is 11.3 Å². The molecule has 156 valence electrons. The summed E-state index contributed by atoms with van der Waals surface area (Å²) in [6.45, 7) is 3.83. The fraction of sp³-hybridized carbons (Fsp3) is 0.238. The zero-order valence-electron chi connectivity index (χ0n) is 16.8. The van der Waals surface area contributed by atoms with Crippen LogP contribution in [0.15, 0.2) is 50.5 Å². The Morgan fingerprint density at radius 3 is 2.57 bits per heavy atom. The maximum Gasteiger partial charge on any atom is 0.316 e. The van der Waals surface area contributed by atoms with Crippen LogP contribution in [0, 0.1) is 6.92 Å². The predicted octanol–water partition coefficient (Wildman–Crippen LogP) is 2.49. The number of carbonyl (C=O) groups is 2. The molecule has 0 radical (unpaired) electrons. The normalized spacial score (nSPS) is 10.8. The predicted molar refractivity (Wildman–Crippen MR) is 119 cm³/mol. The average Bonchev–Trinajstić information content (AvgIpc) is 2.70. The Kier molecular flexibility index (Phi) is 6.21. The number of carbonyl (C=O) groups excluding carboxylic acids is 2. The number of aromatic nitrogens is 2. The fourth-order valence-corrected chi connectivity index (χ4v) is 3.67. The van der Waals surface area contributed by atoms with Crippen LogP contribution in [-0.4, -0.2) is 39.9 Å². The van der Waals surface area contributed by atoms with Gasteiger partial charge in [0.2, 0.25) is 5.91 Å². The minimum absolute atomic E-state index is 0.142. The molecule has 0 aliphatic heterocycles. The van der Waals surface area contributed by atoms with Gasteiger partial charge in [-0.15, -0.1) is 0 Å². The monoisotopic (exact) mass is 472 g/mol. The summed E-state index contributed by atoms with van der Waals surface area (Å²) < 4.78 is 2.26. The van der Waals surface area contributed by atoms with E-state index < -0.39 is 11.1 Å². The van der Waals surface area contributed by atoms with Crippen LogP contribution in [0.25, 0.3) is 11.0 Å². The van der Waals surface area contributed by atoms with Gasteiger partial charge in [0.1, 0.15) is 0 Å². The van der Waals surface area contributed by atoms with Crippen molar-refractivity contribution < 1.29 is 9.59 Å². The van der Waals surface area contributed by atoms with Crippen molar-refractivity contribution in [3.63, 3.8) is 0 Å². The van der Waals surface area contributed by atoms with Crippen LogP contribution in [0.2, 0.25) is 0 Å². The highest BCUT2D eigenvalue weighted by Gasteiger charge is 2.17. The van der Waals surface area contributed by atoms with Crippen molar-refractivity contribution >= 4 is 44.5 Å². The van der Waals surface area contributed by atoms with Crippen LogP contribution in [0.3, 0.4) is 0 Å². The number of rotatable bonds is 5. The van der Waals surface area contributed by atoms with Gasteiger partial charge in [0.25, 0.3) is 5.91 Å². The molecule has 0 spiro atoms. The lowest BCUT2D eigenvalue weighted by Gasteiger charge is -2.18. The molecule has 0 saturated heterocycles. The number of amides is 2. The lowest BCUT2D eigenvalue weighted by atomic mass is 10.1. The van der Waals surface area contributed by atoms with Gasteiger partial charge in [0.05, 0.1) is 17.6 Å². The van der Waals surface area contributed by atoms with Crippen molar-refractivity contribution in [2.45, 2.75) is 20.4 Å². The number of nitrogens with one attached hydrogen (secondary N) is 2. The van der Waals surface area contributed by atoms with E-state index in [4.69, 9.17) is 0 Å². The molecule has 3 rings (SSSR count). The molecule has 8 nitrogen and oxygen atoms in total. The highest BCUT2D eigenvalue weighted by molar-refractivity contribution is 9.10. The van der Waals surface area contributed by atoms with Gasteiger partial charge in [-0.1, -0.05) is 15.9 Å². The van der Waals surface area contributed by atoms with Crippen LogP contribution < -0.4 is 16.4 Å². The quantitative estimate of drug-likeness (QED) is 0.556. The van der Waals surface area contributed by atoms with E-state index in [0.717, 1.165) is 10.0 Å². The van der Waals surface area contributed by atoms with Crippen molar-refractivity contribution in [1.29, 1.82) is 0 Å². The highest BCUT2D eigenvalue weighted by Crippen LogP contribution is 2.20. The van der Waals surface area contributed by atoms with E-state index in [2.05, 4.69) is 26.2 Å². The van der Waals surface area contributed by atoms with E-state index in [1.165, 1.54) is 22.6 Å². The maximum atomic E-state index is 12.8. The molecule has 3 aromatic rings. The summed E-state index contributed by atoms with van der Waals surface area (Å²) in [4.78, 5) is 52.8. The third-order valence-electron chi connectivity index (χ3n) is 4.73. The standard InChI is InChI=1S/C21H21BrN4O4/c1-4-26-17-8-5-13(10-16(17)24-19(28)21(26)30)20(29)25(3)11-18(27)23-15-7-6-14(22)9-12(15)2/h5-10H,4,11H2,1-3H3,(H,23,27)(H,24,28). The lowest BCUT2D eigenvalue weighted by Crippen LogP contribution is -2.36. The largest absolute Gasteiger partial charge is 0.332 e. The number of aromatic amines is 1. The van der Waals surface area contributed by atoms with E-state index in [1.54, 1.807) is 25.1 Å². The Balaban J connectivity index is 1.79. The number of fused-ring (bicyclic) bond motifs is 1. The van der Waals surface area contributed by atoms with Gasteiger partial charge in [0, 0.05) is 29.3 Å². The molecule has 2 amide bonds. The molecule has 1 aromatic heterocycles. The van der Waals surface area contributed by atoms with Gasteiger partial charge in [0.15, 0.2) is 0 Å². The molecule has 0 saturated carbocycles. The second-order valence-electron chi connectivity index (χ2n) is 6.90. The van der Waals surface area contributed by atoms with E-state index in [-0.39, 0.29) is 18.4 Å². The first-order valence-corrected chi connectivity index (χ1v) is 10.1. The van der Waals surface area contributed by atoms with Crippen molar-refractivity contribution in [3.05, 3.63) is 72.7 Å². The lowest BCUT2D eigenvalue weighted by molar-refractivity contribution is -0.116. The van der Waals surface area contributed by atoms with Crippen molar-refractivity contribution in [1.82, 2.24) is 14.5 Å². The minimum atomic E-state index is -0.744. The number of hydrogen-bond donors (Lipinski definition) is 2. The third-order valence-corrected chi connectivity index (χ3v) is 5.22. The number of aryl methyl sites for hydroxylation is 2. The summed E-state index contributed by atoms with van der Waals surface area (Å²) in [5.74, 6) is -0.708. The van der Waals surface area contributed by atoms with E-state index in [9.17, 15) is 19.2 Å². The first-order valence-electron chi connectivity index (χ1n) is 9.29. The van der Waals surface area contributed by atoms with E-state index in [1.807, 2.05) is 19.1 Å². The maximum absolute atomic E-state index is 12.8. The molecule has 0 bridgehead atoms. The minimum Gasteiger partial charge on any atom is -0.332 e. The van der Waals surface area contributed by atoms with Gasteiger partial charge in [-0.25, -0.2) is 0 Å². The van der Waals surface area contributed by atoms with Gasteiger partial charge in [-0.3, -0.25) is 19.2 Å². The SMILES string of the molecule is CCn1c(=O)c(=O)[nH]c2cc(C(=O)N(C)CC(=O)Nc3ccc(Br)cc3C)ccc21. The highest BCUT2D eigenvalue weighted by atomic mass is 79.9. The molecule has 2 aromatic carbocycles. The first kappa shape index (κ1) is 21.5. The number of halogens is 1. The smallest absolute Gasteiger partial charge is 0.316 e.